The van der Waals surface area contributed by atoms with Crippen molar-refractivity contribution in [3.63, 3.8) is 0 Å². The van der Waals surface area contributed by atoms with Crippen molar-refractivity contribution in [2.24, 2.45) is 0 Å². The van der Waals surface area contributed by atoms with Gasteiger partial charge in [0.2, 0.25) is 0 Å². The predicted molar refractivity (Wildman–Crippen MR) is 69.6 cm³/mol. The molecule has 5 heteroatoms. The molecule has 4 nitrogen and oxygen atoms in total. The summed E-state index contributed by atoms with van der Waals surface area (Å²) in [5, 5.41) is 9.59. The topological polar surface area (TPSA) is 62.1 Å². The highest BCUT2D eigenvalue weighted by atomic mass is 32.1. The van der Waals surface area contributed by atoms with Crippen LogP contribution in [0, 0.1) is 11.8 Å². The van der Waals surface area contributed by atoms with Crippen LogP contribution in [-0.2, 0) is 16.1 Å². The number of ether oxygens (including phenoxy) is 1. The summed E-state index contributed by atoms with van der Waals surface area (Å²) in [7, 11) is 1.38. The summed E-state index contributed by atoms with van der Waals surface area (Å²) < 4.78 is 4.64. The van der Waals surface area contributed by atoms with Crippen LogP contribution in [0.1, 0.15) is 5.56 Å². The lowest BCUT2D eigenvalue weighted by Crippen LogP contribution is -2.38. The molecule has 0 saturated carbocycles. The number of nitrogens with zero attached hydrogens (tertiary/aromatic N) is 1. The molecule has 1 aromatic rings. The Hall–Kier alpha value is -1.51. The number of methoxy groups -OCH3 is 1. The van der Waals surface area contributed by atoms with Crippen LogP contribution < -0.4 is 5.32 Å². The Labute approximate surface area is 107 Å². The van der Waals surface area contributed by atoms with Gasteiger partial charge in [0.05, 0.1) is 7.11 Å². The van der Waals surface area contributed by atoms with E-state index < -0.39 is 0 Å². The molecule has 0 amide bonds. The number of carbonyl (C=O) groups excluding carboxylic acids is 1. The SMILES string of the molecule is C#N.COC(=O)C(CS)NCc1ccccc1. The van der Waals surface area contributed by atoms with Gasteiger partial charge >= 0.3 is 5.97 Å². The summed E-state index contributed by atoms with van der Waals surface area (Å²) in [6.45, 7) is 4.14. The van der Waals surface area contributed by atoms with Crippen LogP contribution in [-0.4, -0.2) is 24.9 Å². The molecule has 0 bridgehead atoms. The molecule has 1 rings (SSSR count). The fourth-order valence-corrected chi connectivity index (χ4v) is 1.48. The van der Waals surface area contributed by atoms with Crippen molar-refractivity contribution in [3.8, 4) is 6.57 Å². The van der Waals surface area contributed by atoms with Gasteiger partial charge in [-0.05, 0) is 5.56 Å². The van der Waals surface area contributed by atoms with Crippen molar-refractivity contribution < 1.29 is 9.53 Å². The van der Waals surface area contributed by atoms with Crippen molar-refractivity contribution in [2.75, 3.05) is 12.9 Å². The minimum atomic E-state index is -0.349. The molecule has 0 aromatic heterocycles. The van der Waals surface area contributed by atoms with Gasteiger partial charge in [-0.25, -0.2) is 5.26 Å². The zero-order valence-electron chi connectivity index (χ0n) is 9.67. The number of carbonyl (C=O) groups is 1. The molecule has 0 radical (unpaired) electrons. The summed E-state index contributed by atoms with van der Waals surface area (Å²) in [6.07, 6.45) is 0. The Kier molecular flexibility index (Phi) is 8.84. The first kappa shape index (κ1) is 15.5. The highest BCUT2D eigenvalue weighted by Gasteiger charge is 2.15. The van der Waals surface area contributed by atoms with Crippen molar-refractivity contribution in [3.05, 3.63) is 35.9 Å². The van der Waals surface area contributed by atoms with Crippen molar-refractivity contribution in [1.29, 1.82) is 5.26 Å². The molecule has 1 unspecified atom stereocenters. The number of esters is 1. The lowest BCUT2D eigenvalue weighted by molar-refractivity contribution is -0.142. The van der Waals surface area contributed by atoms with Crippen LogP contribution in [0.2, 0.25) is 0 Å². The van der Waals surface area contributed by atoms with E-state index in [1.807, 2.05) is 30.3 Å². The molecule has 0 heterocycles. The zero-order valence-corrected chi connectivity index (χ0v) is 10.6. The van der Waals surface area contributed by atoms with Crippen molar-refractivity contribution in [1.82, 2.24) is 5.32 Å². The molecule has 92 valence electrons. The van der Waals surface area contributed by atoms with Gasteiger partial charge in [-0.3, -0.25) is 10.1 Å². The largest absolute Gasteiger partial charge is 0.468 e. The predicted octanol–water partition coefficient (Wildman–Crippen LogP) is 1.39. The normalized spacial score (nSPS) is 10.8. The van der Waals surface area contributed by atoms with Gasteiger partial charge in [-0.15, -0.1) is 0 Å². The number of nitriles is 1. The highest BCUT2D eigenvalue weighted by molar-refractivity contribution is 7.80. The number of thiol groups is 1. The van der Waals surface area contributed by atoms with Gasteiger partial charge < -0.3 is 4.74 Å². The number of rotatable bonds is 5. The van der Waals surface area contributed by atoms with Crippen molar-refractivity contribution in [2.45, 2.75) is 12.6 Å². The Morgan fingerprint density at radius 2 is 2.06 bits per heavy atom. The smallest absolute Gasteiger partial charge is 0.323 e. The first-order chi connectivity index (χ1) is 8.27. The standard InChI is InChI=1S/C11H15NO2S.CHN/c1-14-11(13)10(8-15)12-7-9-5-3-2-4-6-9;1-2/h2-6,10,12,15H,7-8H2,1H3;1H. The third-order valence-electron chi connectivity index (χ3n) is 2.06. The average molecular weight is 252 g/mol. The van der Waals surface area contributed by atoms with Gasteiger partial charge in [0.15, 0.2) is 0 Å². The Morgan fingerprint density at radius 3 is 2.53 bits per heavy atom. The van der Waals surface area contributed by atoms with Crippen LogP contribution in [0.4, 0.5) is 0 Å². The Balaban J connectivity index is 0.00000121. The Bertz CT molecular complexity index is 341. The van der Waals surface area contributed by atoms with Gasteiger partial charge in [0.25, 0.3) is 0 Å². The summed E-state index contributed by atoms with van der Waals surface area (Å²) in [5.74, 6) is 0.153. The van der Waals surface area contributed by atoms with E-state index in [4.69, 9.17) is 5.26 Å². The van der Waals surface area contributed by atoms with Gasteiger partial charge in [-0.2, -0.15) is 12.6 Å². The maximum atomic E-state index is 11.2. The van der Waals surface area contributed by atoms with E-state index in [1.54, 1.807) is 0 Å². The van der Waals surface area contributed by atoms with E-state index in [1.165, 1.54) is 7.11 Å². The molecule has 0 fully saturated rings. The van der Waals surface area contributed by atoms with E-state index in [0.29, 0.717) is 12.3 Å². The van der Waals surface area contributed by atoms with E-state index >= 15 is 0 Å². The fourth-order valence-electron chi connectivity index (χ4n) is 1.20. The molecular weight excluding hydrogens is 236 g/mol. The molecule has 0 aliphatic rings. The molecular formula is C12H16N2O2S. The second kappa shape index (κ2) is 9.70. The summed E-state index contributed by atoms with van der Waals surface area (Å²) in [6, 6.07) is 9.54. The quantitative estimate of drug-likeness (QED) is 0.614. The monoisotopic (exact) mass is 252 g/mol. The maximum absolute atomic E-state index is 11.2. The van der Waals surface area contributed by atoms with Crippen LogP contribution in [0.5, 0.6) is 0 Å². The third kappa shape index (κ3) is 5.95. The van der Waals surface area contributed by atoms with Gasteiger partial charge in [0.1, 0.15) is 6.04 Å². The zero-order chi connectivity index (χ0) is 13.1. The average Bonchev–Trinajstić information content (AvgIpc) is 2.42. The summed E-state index contributed by atoms with van der Waals surface area (Å²) >= 11 is 4.09. The lowest BCUT2D eigenvalue weighted by Gasteiger charge is -2.13. The molecule has 17 heavy (non-hydrogen) atoms. The molecule has 0 aliphatic carbocycles. The molecule has 0 aliphatic heterocycles. The number of nitrogens with one attached hydrogen (secondary N) is 1. The minimum absolute atomic E-state index is 0.277. The van der Waals surface area contributed by atoms with Crippen LogP contribution >= 0.6 is 12.6 Å². The first-order valence-corrected chi connectivity index (χ1v) is 5.63. The van der Waals surface area contributed by atoms with Crippen LogP contribution in [0.15, 0.2) is 30.3 Å². The Morgan fingerprint density at radius 1 is 1.47 bits per heavy atom. The second-order valence-corrected chi connectivity index (χ2v) is 3.49. The van der Waals surface area contributed by atoms with E-state index in [9.17, 15) is 4.79 Å². The molecule has 1 atom stereocenters. The van der Waals surface area contributed by atoms with Gasteiger partial charge in [-0.1, -0.05) is 30.3 Å². The number of benzene rings is 1. The fraction of sp³-hybridized carbons (Fsp3) is 0.333. The number of hydrogen-bond donors (Lipinski definition) is 2. The van der Waals surface area contributed by atoms with E-state index in [-0.39, 0.29) is 12.0 Å². The van der Waals surface area contributed by atoms with E-state index in [2.05, 4.69) is 29.3 Å². The van der Waals surface area contributed by atoms with E-state index in [0.717, 1.165) is 5.56 Å². The van der Waals surface area contributed by atoms with Crippen LogP contribution in [0.3, 0.4) is 0 Å². The third-order valence-corrected chi connectivity index (χ3v) is 2.43. The first-order valence-electron chi connectivity index (χ1n) is 4.99. The van der Waals surface area contributed by atoms with Crippen LogP contribution in [0.25, 0.3) is 0 Å². The van der Waals surface area contributed by atoms with Crippen molar-refractivity contribution >= 4 is 18.6 Å². The molecule has 0 saturated heterocycles. The van der Waals surface area contributed by atoms with Gasteiger partial charge in [0, 0.05) is 18.9 Å². The highest BCUT2D eigenvalue weighted by Crippen LogP contribution is 1.99. The lowest BCUT2D eigenvalue weighted by atomic mass is 10.2. The maximum Gasteiger partial charge on any atom is 0.323 e. The number of hydrogen-bond acceptors (Lipinski definition) is 5. The minimum Gasteiger partial charge on any atom is -0.468 e. The molecule has 0 spiro atoms. The summed E-state index contributed by atoms with van der Waals surface area (Å²) in [4.78, 5) is 11.2. The molecule has 1 aromatic carbocycles. The molecule has 1 N–H and O–H groups in total. The second-order valence-electron chi connectivity index (χ2n) is 3.12. The summed E-state index contributed by atoms with van der Waals surface area (Å²) in [5.41, 5.74) is 1.13.